The average Bonchev–Trinajstić information content (AvgIpc) is 2.09. The smallest absolute Gasteiger partial charge is 0.267 e. The maximum absolute atomic E-state index is 12.9. The zero-order chi connectivity index (χ0) is 10.7. The Morgan fingerprint density at radius 1 is 1.57 bits per heavy atom. The van der Waals surface area contributed by atoms with Gasteiger partial charge in [0.05, 0.1) is 18.1 Å². The van der Waals surface area contributed by atoms with Crippen LogP contribution < -0.4 is 5.73 Å². The molecule has 0 atom stereocenters. The first-order chi connectivity index (χ1) is 6.56. The molecule has 1 aromatic rings. The third kappa shape index (κ3) is 1.93. The second-order valence-corrected chi connectivity index (χ2v) is 2.55. The minimum absolute atomic E-state index is 0.169. The summed E-state index contributed by atoms with van der Waals surface area (Å²) >= 11 is 0. The molecule has 0 saturated heterocycles. The molecule has 1 rings (SSSR count). The van der Waals surface area contributed by atoms with Crippen molar-refractivity contribution in [3.8, 4) is 6.07 Å². The van der Waals surface area contributed by atoms with Gasteiger partial charge in [-0.15, -0.1) is 0 Å². The van der Waals surface area contributed by atoms with E-state index in [1.54, 1.807) is 6.07 Å². The second kappa shape index (κ2) is 3.96. The minimum Gasteiger partial charge on any atom is -0.383 e. The summed E-state index contributed by atoms with van der Waals surface area (Å²) in [6, 6.07) is 2.51. The van der Waals surface area contributed by atoms with Gasteiger partial charge in [-0.05, 0) is 6.07 Å². The molecule has 2 N–H and O–H groups in total. The number of anilines is 1. The van der Waals surface area contributed by atoms with Gasteiger partial charge in [0.15, 0.2) is 0 Å². The number of nitriles is 1. The van der Waals surface area contributed by atoms with E-state index < -0.39 is 23.8 Å². The summed E-state index contributed by atoms with van der Waals surface area (Å²) in [6.07, 6.45) is -3.13. The Bertz CT molecular complexity index is 384. The molecule has 74 valence electrons. The van der Waals surface area contributed by atoms with Crippen LogP contribution in [-0.2, 0) is 6.42 Å². The fourth-order valence-corrected chi connectivity index (χ4v) is 0.947. The van der Waals surface area contributed by atoms with Crippen LogP contribution in [0.1, 0.15) is 17.6 Å². The van der Waals surface area contributed by atoms with Gasteiger partial charge in [0.2, 0.25) is 5.95 Å². The number of nitrogen functional groups attached to an aromatic ring is 1. The van der Waals surface area contributed by atoms with Gasteiger partial charge in [0.25, 0.3) is 6.43 Å². The average molecular weight is 201 g/mol. The Kier molecular flexibility index (Phi) is 2.92. The Labute approximate surface area is 78.0 Å². The SMILES string of the molecule is N#CCc1cc(C(F)F)c(N)nc1F. The van der Waals surface area contributed by atoms with Crippen molar-refractivity contribution < 1.29 is 13.2 Å². The molecule has 0 amide bonds. The number of pyridine rings is 1. The lowest BCUT2D eigenvalue weighted by Crippen LogP contribution is -2.04. The number of hydrogen-bond donors (Lipinski definition) is 1. The molecule has 1 aromatic heterocycles. The van der Waals surface area contributed by atoms with Crippen molar-refractivity contribution >= 4 is 5.82 Å². The molecule has 0 saturated carbocycles. The lowest BCUT2D eigenvalue weighted by Gasteiger charge is -2.05. The molecular weight excluding hydrogens is 195 g/mol. The normalized spacial score (nSPS) is 10.2. The molecule has 14 heavy (non-hydrogen) atoms. The third-order valence-electron chi connectivity index (χ3n) is 1.61. The number of halogens is 3. The summed E-state index contributed by atoms with van der Waals surface area (Å²) in [4.78, 5) is 3.09. The van der Waals surface area contributed by atoms with Gasteiger partial charge in [-0.1, -0.05) is 0 Å². The maximum atomic E-state index is 12.9. The second-order valence-electron chi connectivity index (χ2n) is 2.55. The number of nitrogens with zero attached hydrogens (tertiary/aromatic N) is 2. The number of rotatable bonds is 2. The molecule has 3 nitrogen and oxygen atoms in total. The predicted molar refractivity (Wildman–Crippen MR) is 42.9 cm³/mol. The largest absolute Gasteiger partial charge is 0.383 e. The topological polar surface area (TPSA) is 62.7 Å². The number of hydrogen-bond acceptors (Lipinski definition) is 3. The van der Waals surface area contributed by atoms with Crippen molar-refractivity contribution in [2.45, 2.75) is 12.8 Å². The maximum Gasteiger partial charge on any atom is 0.267 e. The monoisotopic (exact) mass is 201 g/mol. The molecule has 0 bridgehead atoms. The van der Waals surface area contributed by atoms with Crippen LogP contribution in [0.3, 0.4) is 0 Å². The van der Waals surface area contributed by atoms with Crippen LogP contribution in [0, 0.1) is 17.3 Å². The number of nitrogens with two attached hydrogens (primary N) is 1. The molecule has 1 heterocycles. The highest BCUT2D eigenvalue weighted by Crippen LogP contribution is 2.25. The summed E-state index contributed by atoms with van der Waals surface area (Å²) in [5.41, 5.74) is 4.36. The van der Waals surface area contributed by atoms with E-state index in [0.29, 0.717) is 0 Å². The summed E-state index contributed by atoms with van der Waals surface area (Å²) in [5, 5.41) is 8.28. The van der Waals surface area contributed by atoms with Gasteiger partial charge >= 0.3 is 0 Å². The van der Waals surface area contributed by atoms with Crippen LogP contribution in [-0.4, -0.2) is 4.98 Å². The van der Waals surface area contributed by atoms with Gasteiger partial charge in [-0.25, -0.2) is 13.8 Å². The minimum atomic E-state index is -2.82. The molecule has 0 unspecified atom stereocenters. The molecule has 0 fully saturated rings. The van der Waals surface area contributed by atoms with E-state index in [1.165, 1.54) is 0 Å². The standard InChI is InChI=1S/C8H6F3N3/c9-6(10)5-3-4(1-2-12)7(11)14-8(5)13/h3,6H,1H2,(H2,13,14). The summed E-state index contributed by atoms with van der Waals surface area (Å²) in [6.45, 7) is 0. The van der Waals surface area contributed by atoms with Crippen molar-refractivity contribution in [2.75, 3.05) is 5.73 Å². The van der Waals surface area contributed by atoms with Gasteiger partial charge in [-0.3, -0.25) is 0 Å². The Morgan fingerprint density at radius 3 is 2.71 bits per heavy atom. The third-order valence-corrected chi connectivity index (χ3v) is 1.61. The highest BCUT2D eigenvalue weighted by molar-refractivity contribution is 5.42. The van der Waals surface area contributed by atoms with E-state index in [-0.39, 0.29) is 12.0 Å². The zero-order valence-corrected chi connectivity index (χ0v) is 6.97. The summed E-state index contributed by atoms with van der Waals surface area (Å²) < 4.78 is 37.4. The van der Waals surface area contributed by atoms with Crippen molar-refractivity contribution in [2.24, 2.45) is 0 Å². The van der Waals surface area contributed by atoms with Gasteiger partial charge < -0.3 is 5.73 Å². The molecule has 0 aliphatic carbocycles. The Hall–Kier alpha value is -1.77. The molecule has 0 spiro atoms. The fraction of sp³-hybridized carbons (Fsp3) is 0.250. The number of aromatic nitrogens is 1. The quantitative estimate of drug-likeness (QED) is 0.742. The summed E-state index contributed by atoms with van der Waals surface area (Å²) in [5.74, 6) is -1.52. The Balaban J connectivity index is 3.21. The van der Waals surface area contributed by atoms with Crippen molar-refractivity contribution in [1.82, 2.24) is 4.98 Å². The van der Waals surface area contributed by atoms with Crippen LogP contribution in [0.4, 0.5) is 19.0 Å². The van der Waals surface area contributed by atoms with Crippen LogP contribution in [0.2, 0.25) is 0 Å². The molecule has 6 heteroatoms. The lowest BCUT2D eigenvalue weighted by atomic mass is 10.1. The van der Waals surface area contributed by atoms with Crippen molar-refractivity contribution in [3.05, 3.63) is 23.1 Å². The number of alkyl halides is 2. The van der Waals surface area contributed by atoms with Gasteiger partial charge in [0, 0.05) is 5.56 Å². The van der Waals surface area contributed by atoms with Crippen LogP contribution in [0.15, 0.2) is 6.07 Å². The van der Waals surface area contributed by atoms with E-state index in [2.05, 4.69) is 4.98 Å². The molecular formula is C8H6F3N3. The fourth-order valence-electron chi connectivity index (χ4n) is 0.947. The highest BCUT2D eigenvalue weighted by atomic mass is 19.3. The van der Waals surface area contributed by atoms with Crippen molar-refractivity contribution in [3.63, 3.8) is 0 Å². The molecule has 0 radical (unpaired) electrons. The van der Waals surface area contributed by atoms with Crippen LogP contribution >= 0.6 is 0 Å². The zero-order valence-electron chi connectivity index (χ0n) is 6.97. The van der Waals surface area contributed by atoms with Crippen LogP contribution in [0.5, 0.6) is 0 Å². The van der Waals surface area contributed by atoms with Crippen molar-refractivity contribution in [1.29, 1.82) is 5.26 Å². The van der Waals surface area contributed by atoms with Crippen LogP contribution in [0.25, 0.3) is 0 Å². The summed E-state index contributed by atoms with van der Waals surface area (Å²) in [7, 11) is 0. The molecule has 0 aromatic carbocycles. The van der Waals surface area contributed by atoms with E-state index >= 15 is 0 Å². The van der Waals surface area contributed by atoms with E-state index in [4.69, 9.17) is 11.0 Å². The first-order valence-corrected chi connectivity index (χ1v) is 3.66. The van der Waals surface area contributed by atoms with Gasteiger partial charge in [-0.2, -0.15) is 9.65 Å². The molecule has 0 aliphatic heterocycles. The first kappa shape index (κ1) is 10.3. The highest BCUT2D eigenvalue weighted by Gasteiger charge is 2.16. The van der Waals surface area contributed by atoms with E-state index in [1.807, 2.05) is 0 Å². The lowest BCUT2D eigenvalue weighted by molar-refractivity contribution is 0.151. The van der Waals surface area contributed by atoms with E-state index in [9.17, 15) is 13.2 Å². The first-order valence-electron chi connectivity index (χ1n) is 3.66. The predicted octanol–water partition coefficient (Wildman–Crippen LogP) is 1.81. The van der Waals surface area contributed by atoms with Gasteiger partial charge in [0.1, 0.15) is 5.82 Å². The van der Waals surface area contributed by atoms with E-state index in [0.717, 1.165) is 6.07 Å². The Morgan fingerprint density at radius 2 is 2.21 bits per heavy atom. The molecule has 0 aliphatic rings.